The largest absolute Gasteiger partial charge is 0.477 e. The first kappa shape index (κ1) is 43.3. The van der Waals surface area contributed by atoms with Gasteiger partial charge in [-0.1, -0.05) is 88.4 Å². The number of carboxylic acid groups (broad SMARTS) is 1. The van der Waals surface area contributed by atoms with Crippen LogP contribution in [0.4, 0.5) is 0 Å². The zero-order valence-electron chi connectivity index (χ0n) is 27.6. The molecule has 264 valence electrons. The SMILES string of the molecule is CC(C)c1ncc(C(=O)O)s1.CC(C)c1ncc(C(=O)OCc2ccccc2)s1.CC(N)c1ncc(C(=O)OCc2ccccc2)s1.Cl.Cl. The molecule has 0 spiro atoms. The lowest BCUT2D eigenvalue weighted by molar-refractivity contribution is 0.0469. The van der Waals surface area contributed by atoms with Crippen LogP contribution in [0, 0.1) is 0 Å². The van der Waals surface area contributed by atoms with Crippen LogP contribution in [0.1, 0.15) is 108 Å². The van der Waals surface area contributed by atoms with E-state index in [1.165, 1.54) is 46.4 Å². The third-order valence-electron chi connectivity index (χ3n) is 5.99. The number of carboxylic acids is 1. The molecule has 0 aliphatic carbocycles. The molecule has 1 unspecified atom stereocenters. The van der Waals surface area contributed by atoms with Crippen molar-refractivity contribution in [3.05, 3.63) is 120 Å². The number of esters is 2. The number of aromatic carboxylic acids is 1. The molecule has 0 radical (unpaired) electrons. The molecule has 5 aromatic rings. The first-order valence-electron chi connectivity index (χ1n) is 14.7. The lowest BCUT2D eigenvalue weighted by Crippen LogP contribution is -2.04. The Hall–Kier alpha value is -3.72. The van der Waals surface area contributed by atoms with Crippen molar-refractivity contribution in [1.82, 2.24) is 15.0 Å². The molecule has 15 heteroatoms. The number of rotatable bonds is 10. The molecule has 3 aromatic heterocycles. The summed E-state index contributed by atoms with van der Waals surface area (Å²) in [5, 5.41) is 11.1. The Morgan fingerprint density at radius 3 is 1.29 bits per heavy atom. The number of nitrogens with zero attached hydrogens (tertiary/aromatic N) is 3. The smallest absolute Gasteiger partial charge is 0.350 e. The fourth-order valence-corrected chi connectivity index (χ4v) is 5.82. The third-order valence-corrected chi connectivity index (χ3v) is 9.73. The second-order valence-corrected chi connectivity index (χ2v) is 13.9. The van der Waals surface area contributed by atoms with Crippen LogP contribution in [0.25, 0.3) is 0 Å². The third kappa shape index (κ3) is 14.7. The first-order valence-corrected chi connectivity index (χ1v) is 17.2. The minimum atomic E-state index is -0.894. The predicted molar refractivity (Wildman–Crippen MR) is 200 cm³/mol. The maximum atomic E-state index is 11.8. The Kier molecular flexibility index (Phi) is 19.5. The fourth-order valence-electron chi connectivity index (χ4n) is 3.48. The molecule has 1 atom stereocenters. The van der Waals surface area contributed by atoms with Gasteiger partial charge in [-0.05, 0) is 18.1 Å². The van der Waals surface area contributed by atoms with Gasteiger partial charge in [0.2, 0.25) is 0 Å². The molecule has 0 saturated heterocycles. The van der Waals surface area contributed by atoms with E-state index < -0.39 is 5.97 Å². The number of carbonyl (C=O) groups is 3. The van der Waals surface area contributed by atoms with E-state index in [4.69, 9.17) is 20.3 Å². The summed E-state index contributed by atoms with van der Waals surface area (Å²) in [7, 11) is 0. The second kappa shape index (κ2) is 22.1. The number of benzene rings is 2. The first-order chi connectivity index (χ1) is 22.4. The maximum Gasteiger partial charge on any atom is 0.350 e. The van der Waals surface area contributed by atoms with Crippen molar-refractivity contribution in [3.8, 4) is 0 Å². The van der Waals surface area contributed by atoms with Gasteiger partial charge in [-0.2, -0.15) is 0 Å². The maximum absolute atomic E-state index is 11.8. The Morgan fingerprint density at radius 2 is 0.980 bits per heavy atom. The van der Waals surface area contributed by atoms with E-state index in [9.17, 15) is 14.4 Å². The van der Waals surface area contributed by atoms with E-state index in [1.807, 2.05) is 81.4 Å². The number of hydrogen-bond donors (Lipinski definition) is 2. The zero-order valence-corrected chi connectivity index (χ0v) is 31.7. The Labute approximate surface area is 310 Å². The number of carbonyl (C=O) groups excluding carboxylic acids is 2. The number of halogens is 2. The van der Waals surface area contributed by atoms with E-state index >= 15 is 0 Å². The van der Waals surface area contributed by atoms with Crippen molar-refractivity contribution < 1.29 is 29.0 Å². The van der Waals surface area contributed by atoms with Gasteiger partial charge in [-0.15, -0.1) is 58.8 Å². The standard InChI is InChI=1S/C14H15NO2S.C13H14N2O2S.C7H9NO2S.2ClH/c1-10(2)13-15-8-12(18-13)14(16)17-9-11-6-4-3-5-7-11;1-9(14)12-15-7-11(18-12)13(16)17-8-10-5-3-2-4-6-10;1-4(2)6-8-3-5(11-6)7(9)10;;/h3-8,10H,9H2,1-2H3;2-7,9H,8,14H2,1H3;3-4H,1-2H3,(H,9,10);2*1H. The van der Waals surface area contributed by atoms with Crippen molar-refractivity contribution >= 4 is 76.7 Å². The molecule has 0 amide bonds. The average Bonchev–Trinajstić information content (AvgIpc) is 3.86. The predicted octanol–water partition coefficient (Wildman–Crippen LogP) is 8.95. The summed E-state index contributed by atoms with van der Waals surface area (Å²) in [5.41, 5.74) is 7.63. The van der Waals surface area contributed by atoms with Gasteiger partial charge in [-0.25, -0.2) is 29.3 Å². The summed E-state index contributed by atoms with van der Waals surface area (Å²) in [6, 6.07) is 19.0. The van der Waals surface area contributed by atoms with E-state index in [0.717, 1.165) is 26.1 Å². The summed E-state index contributed by atoms with van der Waals surface area (Å²) in [6.07, 6.45) is 4.51. The molecular formula is C34H40Cl2N4O6S3. The van der Waals surface area contributed by atoms with E-state index in [1.54, 1.807) is 6.20 Å². The van der Waals surface area contributed by atoms with Gasteiger partial charge in [0.25, 0.3) is 0 Å². The minimum Gasteiger partial charge on any atom is -0.477 e. The fraction of sp³-hybridized carbons (Fsp3) is 0.294. The van der Waals surface area contributed by atoms with Gasteiger partial charge in [-0.3, -0.25) is 0 Å². The molecule has 0 saturated carbocycles. The van der Waals surface area contributed by atoms with Crippen LogP contribution < -0.4 is 5.73 Å². The van der Waals surface area contributed by atoms with Gasteiger partial charge in [0.1, 0.15) is 32.9 Å². The normalized spacial score (nSPS) is 10.7. The molecule has 5 rings (SSSR count). The molecule has 3 heterocycles. The van der Waals surface area contributed by atoms with Gasteiger partial charge in [0.05, 0.1) is 34.6 Å². The zero-order chi connectivity index (χ0) is 34.3. The molecule has 3 N–H and O–H groups in total. The van der Waals surface area contributed by atoms with Crippen LogP contribution in [0.15, 0.2) is 79.3 Å². The van der Waals surface area contributed by atoms with Crippen LogP contribution in [0.2, 0.25) is 0 Å². The van der Waals surface area contributed by atoms with Gasteiger partial charge < -0.3 is 20.3 Å². The average molecular weight is 768 g/mol. The van der Waals surface area contributed by atoms with Crippen LogP contribution in [-0.2, 0) is 22.7 Å². The van der Waals surface area contributed by atoms with Crippen LogP contribution in [-0.4, -0.2) is 38.0 Å². The second-order valence-electron chi connectivity index (χ2n) is 10.7. The van der Waals surface area contributed by atoms with Crippen molar-refractivity contribution in [1.29, 1.82) is 0 Å². The summed E-state index contributed by atoms with van der Waals surface area (Å²) < 4.78 is 10.4. The molecule has 0 bridgehead atoms. The quantitative estimate of drug-likeness (QED) is 0.132. The number of ether oxygens (including phenoxy) is 2. The van der Waals surface area contributed by atoms with Gasteiger partial charge in [0, 0.05) is 11.8 Å². The number of thiazole rings is 3. The molecule has 0 aliphatic rings. The van der Waals surface area contributed by atoms with Crippen LogP contribution >= 0.6 is 58.8 Å². The summed E-state index contributed by atoms with van der Waals surface area (Å²) in [6.45, 7) is 10.5. The lowest BCUT2D eigenvalue weighted by Gasteiger charge is -2.02. The number of aromatic nitrogens is 3. The van der Waals surface area contributed by atoms with E-state index in [2.05, 4.69) is 28.8 Å². The van der Waals surface area contributed by atoms with Crippen molar-refractivity contribution in [2.75, 3.05) is 0 Å². The minimum absolute atomic E-state index is 0. The topological polar surface area (TPSA) is 155 Å². The number of nitrogens with two attached hydrogens (primary N) is 1. The Morgan fingerprint density at radius 1 is 0.633 bits per heavy atom. The molecule has 49 heavy (non-hydrogen) atoms. The van der Waals surface area contributed by atoms with Crippen LogP contribution in [0.5, 0.6) is 0 Å². The molecule has 0 aliphatic heterocycles. The monoisotopic (exact) mass is 766 g/mol. The molecule has 10 nitrogen and oxygen atoms in total. The van der Waals surface area contributed by atoms with Crippen LogP contribution in [0.3, 0.4) is 0 Å². The Balaban J connectivity index is 0.000000371. The van der Waals surface area contributed by atoms with Crippen molar-refractivity contribution in [3.63, 3.8) is 0 Å². The molecule has 0 fully saturated rings. The highest BCUT2D eigenvalue weighted by Crippen LogP contribution is 2.23. The molecule has 2 aromatic carbocycles. The lowest BCUT2D eigenvalue weighted by atomic mass is 10.2. The highest BCUT2D eigenvalue weighted by atomic mass is 35.5. The Bertz CT molecular complexity index is 1610. The highest BCUT2D eigenvalue weighted by molar-refractivity contribution is 7.14. The molecular weight excluding hydrogens is 728 g/mol. The summed E-state index contributed by atoms with van der Waals surface area (Å²) in [4.78, 5) is 47.6. The highest BCUT2D eigenvalue weighted by Gasteiger charge is 2.15. The summed E-state index contributed by atoms with van der Waals surface area (Å²) in [5.74, 6) is -0.903. The summed E-state index contributed by atoms with van der Waals surface area (Å²) >= 11 is 3.91. The van der Waals surface area contributed by atoms with Crippen molar-refractivity contribution in [2.24, 2.45) is 5.73 Å². The van der Waals surface area contributed by atoms with E-state index in [-0.39, 0.29) is 49.4 Å². The number of hydrogen-bond acceptors (Lipinski definition) is 12. The van der Waals surface area contributed by atoms with E-state index in [0.29, 0.717) is 33.1 Å². The van der Waals surface area contributed by atoms with Gasteiger partial charge in [0.15, 0.2) is 0 Å². The van der Waals surface area contributed by atoms with Crippen molar-refractivity contribution in [2.45, 2.75) is 65.7 Å². The van der Waals surface area contributed by atoms with Gasteiger partial charge >= 0.3 is 17.9 Å².